The zero-order chi connectivity index (χ0) is 15.4. The summed E-state index contributed by atoms with van der Waals surface area (Å²) in [7, 11) is 2.19. The lowest BCUT2D eigenvalue weighted by molar-refractivity contribution is 0.148. The molecular weight excluding hydrogens is 272 g/mol. The van der Waals surface area contributed by atoms with Crippen LogP contribution in [0, 0.1) is 0 Å². The smallest absolute Gasteiger partial charge is 0.134 e. The third-order valence-electron chi connectivity index (χ3n) is 4.21. The molecule has 2 heterocycles. The molecule has 0 unspecified atom stereocenters. The number of rotatable bonds is 4. The van der Waals surface area contributed by atoms with Crippen LogP contribution < -0.4 is 0 Å². The van der Waals surface area contributed by atoms with E-state index in [4.69, 9.17) is 0 Å². The fourth-order valence-corrected chi connectivity index (χ4v) is 2.87. The first-order chi connectivity index (χ1) is 10.8. The second kappa shape index (κ2) is 6.90. The molecule has 0 radical (unpaired) electrons. The van der Waals surface area contributed by atoms with E-state index in [0.717, 1.165) is 44.2 Å². The maximum atomic E-state index is 4.52. The van der Waals surface area contributed by atoms with E-state index >= 15 is 0 Å². The SMILES string of the molecule is C/C=N\c1[nH]c(-c2ccccc2)cc1CN1CCN(C)CC1. The molecule has 1 aromatic carbocycles. The van der Waals surface area contributed by atoms with E-state index in [-0.39, 0.29) is 0 Å². The van der Waals surface area contributed by atoms with E-state index in [0.29, 0.717) is 0 Å². The maximum absolute atomic E-state index is 4.52. The van der Waals surface area contributed by atoms with Crippen LogP contribution in [0.1, 0.15) is 12.5 Å². The Morgan fingerprint density at radius 3 is 2.55 bits per heavy atom. The second-order valence-electron chi connectivity index (χ2n) is 5.89. The average Bonchev–Trinajstić information content (AvgIpc) is 2.94. The van der Waals surface area contributed by atoms with Gasteiger partial charge in [-0.3, -0.25) is 4.90 Å². The van der Waals surface area contributed by atoms with Crippen molar-refractivity contribution in [2.75, 3.05) is 33.2 Å². The molecule has 0 saturated carbocycles. The molecular formula is C18H24N4. The fraction of sp³-hybridized carbons (Fsp3) is 0.389. The number of hydrogen-bond acceptors (Lipinski definition) is 3. The second-order valence-corrected chi connectivity index (χ2v) is 5.89. The van der Waals surface area contributed by atoms with E-state index in [1.807, 2.05) is 19.2 Å². The van der Waals surface area contributed by atoms with Gasteiger partial charge in [0.15, 0.2) is 0 Å². The van der Waals surface area contributed by atoms with Crippen LogP contribution in [0.3, 0.4) is 0 Å². The van der Waals surface area contributed by atoms with Crippen molar-refractivity contribution >= 4 is 12.0 Å². The number of hydrogen-bond donors (Lipinski definition) is 1. The molecule has 116 valence electrons. The third kappa shape index (κ3) is 3.46. The number of nitrogens with one attached hydrogen (secondary N) is 1. The van der Waals surface area contributed by atoms with Gasteiger partial charge in [-0.15, -0.1) is 0 Å². The van der Waals surface area contributed by atoms with E-state index < -0.39 is 0 Å². The van der Waals surface area contributed by atoms with Crippen molar-refractivity contribution in [2.45, 2.75) is 13.5 Å². The highest BCUT2D eigenvalue weighted by molar-refractivity contribution is 5.68. The normalized spacial score (nSPS) is 17.4. The first-order valence-electron chi connectivity index (χ1n) is 7.93. The van der Waals surface area contributed by atoms with Gasteiger partial charge in [-0.05, 0) is 25.6 Å². The molecule has 4 nitrogen and oxygen atoms in total. The number of aromatic nitrogens is 1. The molecule has 1 aromatic heterocycles. The minimum atomic E-state index is 0.962. The summed E-state index contributed by atoms with van der Waals surface area (Å²) in [6.07, 6.45) is 1.86. The first-order valence-corrected chi connectivity index (χ1v) is 7.93. The van der Waals surface area contributed by atoms with Crippen LogP contribution in [0.2, 0.25) is 0 Å². The summed E-state index contributed by atoms with van der Waals surface area (Å²) in [5.41, 5.74) is 3.63. The predicted octanol–water partition coefficient (Wildman–Crippen LogP) is 3.15. The van der Waals surface area contributed by atoms with Crippen molar-refractivity contribution in [3.8, 4) is 11.3 Å². The van der Waals surface area contributed by atoms with E-state index in [9.17, 15) is 0 Å². The summed E-state index contributed by atoms with van der Waals surface area (Å²) in [6, 6.07) is 12.7. The van der Waals surface area contributed by atoms with Crippen molar-refractivity contribution in [1.29, 1.82) is 0 Å². The summed E-state index contributed by atoms with van der Waals surface area (Å²) in [6.45, 7) is 7.45. The molecule has 1 saturated heterocycles. The average molecular weight is 296 g/mol. The van der Waals surface area contributed by atoms with Crippen LogP contribution in [0.15, 0.2) is 41.4 Å². The van der Waals surface area contributed by atoms with Crippen molar-refractivity contribution in [3.63, 3.8) is 0 Å². The van der Waals surface area contributed by atoms with Crippen LogP contribution in [0.4, 0.5) is 5.82 Å². The Hall–Kier alpha value is -1.91. The van der Waals surface area contributed by atoms with Crippen LogP contribution in [-0.2, 0) is 6.54 Å². The molecule has 1 fully saturated rings. The molecule has 0 atom stereocenters. The van der Waals surface area contributed by atoms with Gasteiger partial charge in [0.2, 0.25) is 0 Å². The van der Waals surface area contributed by atoms with Crippen LogP contribution in [0.5, 0.6) is 0 Å². The lowest BCUT2D eigenvalue weighted by Gasteiger charge is -2.32. The maximum Gasteiger partial charge on any atom is 0.134 e. The Kier molecular flexibility index (Phi) is 4.71. The van der Waals surface area contributed by atoms with Gasteiger partial charge in [0.05, 0.1) is 0 Å². The largest absolute Gasteiger partial charge is 0.339 e. The number of piperazine rings is 1. The number of aromatic amines is 1. The van der Waals surface area contributed by atoms with Gasteiger partial charge in [-0.25, -0.2) is 4.99 Å². The van der Waals surface area contributed by atoms with Gasteiger partial charge >= 0.3 is 0 Å². The molecule has 4 heteroatoms. The van der Waals surface area contributed by atoms with Crippen LogP contribution >= 0.6 is 0 Å². The highest BCUT2D eigenvalue weighted by Crippen LogP contribution is 2.28. The molecule has 3 rings (SSSR count). The van der Waals surface area contributed by atoms with Gasteiger partial charge in [-0.2, -0.15) is 0 Å². The van der Waals surface area contributed by atoms with Crippen LogP contribution in [0.25, 0.3) is 11.3 Å². The Bertz CT molecular complexity index is 622. The number of nitrogens with zero attached hydrogens (tertiary/aromatic N) is 3. The zero-order valence-corrected chi connectivity index (χ0v) is 13.4. The fourth-order valence-electron chi connectivity index (χ4n) is 2.87. The molecule has 1 aliphatic rings. The molecule has 0 amide bonds. The molecule has 22 heavy (non-hydrogen) atoms. The topological polar surface area (TPSA) is 34.6 Å². The molecule has 1 N–H and O–H groups in total. The lowest BCUT2D eigenvalue weighted by atomic mass is 10.1. The van der Waals surface area contributed by atoms with Crippen molar-refractivity contribution in [1.82, 2.24) is 14.8 Å². The Morgan fingerprint density at radius 2 is 1.86 bits per heavy atom. The Balaban J connectivity index is 1.82. The number of benzene rings is 1. The summed E-state index contributed by atoms with van der Waals surface area (Å²) in [5.74, 6) is 0.986. The first kappa shape index (κ1) is 15.0. The third-order valence-corrected chi connectivity index (χ3v) is 4.21. The van der Waals surface area contributed by atoms with Gasteiger partial charge < -0.3 is 9.88 Å². The van der Waals surface area contributed by atoms with Gasteiger partial charge in [-0.1, -0.05) is 30.3 Å². The zero-order valence-electron chi connectivity index (χ0n) is 13.4. The number of aliphatic imine (C=N–C) groups is 1. The molecule has 2 aromatic rings. The Morgan fingerprint density at radius 1 is 1.14 bits per heavy atom. The molecule has 0 aliphatic carbocycles. The van der Waals surface area contributed by atoms with Gasteiger partial charge in [0, 0.05) is 50.2 Å². The monoisotopic (exact) mass is 296 g/mol. The minimum Gasteiger partial charge on any atom is -0.339 e. The summed E-state index contributed by atoms with van der Waals surface area (Å²) >= 11 is 0. The molecule has 0 spiro atoms. The summed E-state index contributed by atoms with van der Waals surface area (Å²) in [5, 5.41) is 0. The van der Waals surface area contributed by atoms with E-state index in [1.165, 1.54) is 11.1 Å². The Labute approximate surface area is 132 Å². The van der Waals surface area contributed by atoms with Gasteiger partial charge in [0.25, 0.3) is 0 Å². The van der Waals surface area contributed by atoms with E-state index in [2.05, 4.69) is 57.2 Å². The molecule has 1 aliphatic heterocycles. The quantitative estimate of drug-likeness (QED) is 0.880. The van der Waals surface area contributed by atoms with E-state index in [1.54, 1.807) is 0 Å². The number of likely N-dealkylation sites (N-methyl/N-ethyl adjacent to an activating group) is 1. The van der Waals surface area contributed by atoms with Crippen molar-refractivity contribution in [2.24, 2.45) is 4.99 Å². The predicted molar refractivity (Wildman–Crippen MR) is 92.8 cm³/mol. The number of H-pyrrole nitrogens is 1. The van der Waals surface area contributed by atoms with Crippen LogP contribution in [-0.4, -0.2) is 54.2 Å². The standard InChI is InChI=1S/C18H24N4/c1-3-19-18-16(14-22-11-9-21(2)10-12-22)13-17(20-18)15-7-5-4-6-8-15/h3-8,13,20H,9-12,14H2,1-2H3/b19-3-. The summed E-state index contributed by atoms with van der Waals surface area (Å²) in [4.78, 5) is 12.9. The minimum absolute atomic E-state index is 0.962. The highest BCUT2D eigenvalue weighted by atomic mass is 15.2. The molecule has 0 bridgehead atoms. The summed E-state index contributed by atoms with van der Waals surface area (Å²) < 4.78 is 0. The van der Waals surface area contributed by atoms with Crippen molar-refractivity contribution < 1.29 is 0 Å². The van der Waals surface area contributed by atoms with Gasteiger partial charge in [0.1, 0.15) is 5.82 Å². The van der Waals surface area contributed by atoms with Crippen molar-refractivity contribution in [3.05, 3.63) is 42.0 Å². The lowest BCUT2D eigenvalue weighted by Crippen LogP contribution is -2.43. The highest BCUT2D eigenvalue weighted by Gasteiger charge is 2.17.